The second kappa shape index (κ2) is 4.36. The first kappa shape index (κ1) is 11.9. The Balaban J connectivity index is 2.20. The molecule has 17 heavy (non-hydrogen) atoms. The zero-order valence-electron chi connectivity index (χ0n) is 10.2. The number of amides is 1. The van der Waals surface area contributed by atoms with E-state index in [2.05, 4.69) is 10.3 Å². The summed E-state index contributed by atoms with van der Waals surface area (Å²) in [6.07, 6.45) is 2.07. The van der Waals surface area contributed by atoms with Crippen LogP contribution in [0.5, 0.6) is 0 Å². The minimum atomic E-state index is -0.484. The Kier molecular flexibility index (Phi) is 3.06. The number of hydrogen-bond donors (Lipinski definition) is 0. The summed E-state index contributed by atoms with van der Waals surface area (Å²) in [7, 11) is 5.12. The molecule has 92 valence electrons. The molecule has 1 aliphatic heterocycles. The molecule has 1 amide bonds. The molecule has 0 aliphatic carbocycles. The van der Waals surface area contributed by atoms with E-state index in [0.717, 1.165) is 5.69 Å². The summed E-state index contributed by atoms with van der Waals surface area (Å²) in [4.78, 5) is 13.0. The van der Waals surface area contributed by atoms with Crippen LogP contribution < -0.4 is 0 Å². The van der Waals surface area contributed by atoms with Crippen LogP contribution >= 0.6 is 0 Å². The van der Waals surface area contributed by atoms with Crippen LogP contribution in [0.3, 0.4) is 0 Å². The highest BCUT2D eigenvalue weighted by Gasteiger charge is 2.46. The molecule has 2 heterocycles. The van der Waals surface area contributed by atoms with Gasteiger partial charge in [0.2, 0.25) is 0 Å². The smallest absolute Gasteiger partial charge is 0.410 e. The summed E-state index contributed by atoms with van der Waals surface area (Å²) in [6, 6.07) is 0. The fourth-order valence-electron chi connectivity index (χ4n) is 2.02. The molecule has 0 N–H and O–H groups in total. The summed E-state index contributed by atoms with van der Waals surface area (Å²) in [6.45, 7) is 0.721. The molecule has 1 atom stereocenters. The lowest BCUT2D eigenvalue weighted by atomic mass is 9.95. The Bertz CT molecular complexity index is 424. The van der Waals surface area contributed by atoms with Gasteiger partial charge in [0.25, 0.3) is 7.98 Å². The standard InChI is InChI=1S/C9H15BN4O3/c1-13-8(15)17-6-9(13,5-16-2)3-7-4-14(10)12-11-7/h4H,3,5-6,10H2,1-2H3. The zero-order valence-corrected chi connectivity index (χ0v) is 10.2. The number of methoxy groups -OCH3 is 1. The van der Waals surface area contributed by atoms with Gasteiger partial charge >= 0.3 is 6.09 Å². The lowest BCUT2D eigenvalue weighted by molar-refractivity contribution is 0.0649. The maximum atomic E-state index is 11.5. The van der Waals surface area contributed by atoms with Gasteiger partial charge in [-0.05, 0) is 0 Å². The van der Waals surface area contributed by atoms with Gasteiger partial charge in [0.05, 0.1) is 12.3 Å². The Hall–Kier alpha value is -1.57. The molecule has 0 radical (unpaired) electrons. The fraction of sp³-hybridized carbons (Fsp3) is 0.667. The van der Waals surface area contributed by atoms with Crippen LogP contribution in [-0.4, -0.2) is 66.8 Å². The van der Waals surface area contributed by atoms with Gasteiger partial charge in [-0.25, -0.2) is 4.79 Å². The molecule has 7 nitrogen and oxygen atoms in total. The monoisotopic (exact) mass is 238 g/mol. The summed E-state index contributed by atoms with van der Waals surface area (Å²) in [5.41, 5.74) is 0.330. The number of nitrogens with zero attached hydrogens (tertiary/aromatic N) is 4. The van der Waals surface area contributed by atoms with E-state index in [1.165, 1.54) is 0 Å². The number of cyclic esters (lactones) is 1. The van der Waals surface area contributed by atoms with Gasteiger partial charge in [0, 0.05) is 26.8 Å². The molecule has 8 heteroatoms. The van der Waals surface area contributed by atoms with Crippen molar-refractivity contribution in [1.29, 1.82) is 0 Å². The van der Waals surface area contributed by atoms with Gasteiger partial charge in [0.1, 0.15) is 12.1 Å². The second-order valence-electron chi connectivity index (χ2n) is 4.33. The van der Waals surface area contributed by atoms with Crippen molar-refractivity contribution in [3.05, 3.63) is 11.9 Å². The van der Waals surface area contributed by atoms with Crippen molar-refractivity contribution in [2.45, 2.75) is 12.0 Å². The maximum Gasteiger partial charge on any atom is 0.410 e. The second-order valence-corrected chi connectivity index (χ2v) is 4.33. The number of carbonyl (C=O) groups is 1. The summed E-state index contributed by atoms with van der Waals surface area (Å²) < 4.78 is 11.9. The molecule has 1 aromatic rings. The number of carbonyl (C=O) groups excluding carboxylic acids is 1. The highest BCUT2D eigenvalue weighted by atomic mass is 16.6. The number of aromatic nitrogens is 3. The lowest BCUT2D eigenvalue weighted by Crippen LogP contribution is -2.50. The highest BCUT2D eigenvalue weighted by molar-refractivity contribution is 6.05. The van der Waals surface area contributed by atoms with Gasteiger partial charge < -0.3 is 14.1 Å². The van der Waals surface area contributed by atoms with E-state index >= 15 is 0 Å². The first-order valence-electron chi connectivity index (χ1n) is 5.32. The first-order valence-corrected chi connectivity index (χ1v) is 5.32. The Morgan fingerprint density at radius 2 is 2.47 bits per heavy atom. The Morgan fingerprint density at radius 3 is 2.94 bits per heavy atom. The van der Waals surface area contributed by atoms with Crippen molar-refractivity contribution in [2.24, 2.45) is 0 Å². The van der Waals surface area contributed by atoms with Crippen molar-refractivity contribution in [3.8, 4) is 0 Å². The molecule has 1 fully saturated rings. The lowest BCUT2D eigenvalue weighted by Gasteiger charge is -2.31. The molecule has 1 aromatic heterocycles. The van der Waals surface area contributed by atoms with Gasteiger partial charge in [-0.15, -0.1) is 5.10 Å². The zero-order chi connectivity index (χ0) is 12.5. The van der Waals surface area contributed by atoms with Crippen LogP contribution in [-0.2, 0) is 15.9 Å². The van der Waals surface area contributed by atoms with Gasteiger partial charge in [0.15, 0.2) is 0 Å². The molecule has 1 saturated heterocycles. The molecule has 0 aromatic carbocycles. The van der Waals surface area contributed by atoms with Crippen molar-refractivity contribution in [3.63, 3.8) is 0 Å². The van der Waals surface area contributed by atoms with Crippen molar-refractivity contribution >= 4 is 14.1 Å². The van der Waals surface area contributed by atoms with E-state index in [-0.39, 0.29) is 6.09 Å². The third-order valence-electron chi connectivity index (χ3n) is 3.02. The van der Waals surface area contributed by atoms with E-state index in [1.54, 1.807) is 31.6 Å². The normalized spacial score (nSPS) is 24.1. The predicted molar refractivity (Wildman–Crippen MR) is 61.4 cm³/mol. The predicted octanol–water partition coefficient (Wildman–Crippen LogP) is -1.32. The van der Waals surface area contributed by atoms with Crippen LogP contribution in [0.1, 0.15) is 5.69 Å². The van der Waals surface area contributed by atoms with Crippen LogP contribution in [0.25, 0.3) is 0 Å². The molecular weight excluding hydrogens is 223 g/mol. The molecule has 0 bridgehead atoms. The maximum absolute atomic E-state index is 11.5. The molecule has 1 aliphatic rings. The number of likely N-dealkylation sites (N-methyl/N-ethyl adjacent to an activating group) is 1. The Labute approximate surface area is 100 Å². The van der Waals surface area contributed by atoms with Crippen LogP contribution in [0, 0.1) is 0 Å². The molecule has 0 spiro atoms. The quantitative estimate of drug-likeness (QED) is 0.609. The molecule has 2 rings (SSSR count). The summed E-state index contributed by atoms with van der Waals surface area (Å²) in [5, 5.41) is 7.91. The SMILES string of the molecule is Bn1cc(CC2(COC)COC(=O)N2C)nn1. The van der Waals surface area contributed by atoms with Crippen LogP contribution in [0.15, 0.2) is 6.20 Å². The topological polar surface area (TPSA) is 69.5 Å². The molecular formula is C9H15BN4O3. The number of hydrogen-bond acceptors (Lipinski definition) is 5. The summed E-state index contributed by atoms with van der Waals surface area (Å²) in [5.74, 6) is 0. The number of rotatable bonds is 4. The molecule has 1 unspecified atom stereocenters. The highest BCUT2D eigenvalue weighted by Crippen LogP contribution is 2.26. The first-order chi connectivity index (χ1) is 8.07. The average molecular weight is 238 g/mol. The van der Waals surface area contributed by atoms with Gasteiger partial charge in [-0.1, -0.05) is 5.21 Å². The third-order valence-corrected chi connectivity index (χ3v) is 3.02. The largest absolute Gasteiger partial charge is 0.447 e. The van der Waals surface area contributed by atoms with E-state index < -0.39 is 5.54 Å². The fourth-order valence-corrected chi connectivity index (χ4v) is 2.02. The minimum absolute atomic E-state index is 0.312. The summed E-state index contributed by atoms with van der Waals surface area (Å²) >= 11 is 0. The number of ether oxygens (including phenoxy) is 2. The Morgan fingerprint density at radius 1 is 1.71 bits per heavy atom. The molecule has 0 saturated carbocycles. The van der Waals surface area contributed by atoms with E-state index in [4.69, 9.17) is 9.47 Å². The van der Waals surface area contributed by atoms with E-state index in [9.17, 15) is 4.79 Å². The van der Waals surface area contributed by atoms with Crippen LogP contribution in [0.2, 0.25) is 0 Å². The third kappa shape index (κ3) is 2.12. The van der Waals surface area contributed by atoms with Gasteiger partial charge in [-0.2, -0.15) is 0 Å². The van der Waals surface area contributed by atoms with E-state index in [1.807, 2.05) is 6.20 Å². The average Bonchev–Trinajstić information content (AvgIpc) is 2.80. The minimum Gasteiger partial charge on any atom is -0.447 e. The van der Waals surface area contributed by atoms with Crippen molar-refractivity contribution in [1.82, 2.24) is 19.8 Å². The van der Waals surface area contributed by atoms with Crippen molar-refractivity contribution in [2.75, 3.05) is 27.4 Å². The van der Waals surface area contributed by atoms with E-state index in [0.29, 0.717) is 19.6 Å². The van der Waals surface area contributed by atoms with Crippen LogP contribution in [0.4, 0.5) is 4.79 Å². The van der Waals surface area contributed by atoms with Crippen molar-refractivity contribution < 1.29 is 14.3 Å². The van der Waals surface area contributed by atoms with Gasteiger partial charge in [-0.3, -0.25) is 4.90 Å².